The predicted octanol–water partition coefficient (Wildman–Crippen LogP) is 3.80. The highest BCUT2D eigenvalue weighted by Crippen LogP contribution is 2.41. The van der Waals surface area contributed by atoms with E-state index in [2.05, 4.69) is 15.6 Å². The third-order valence-corrected chi connectivity index (χ3v) is 5.04. The number of aryl methyl sites for hydroxylation is 1. The van der Waals surface area contributed by atoms with E-state index in [0.29, 0.717) is 19.1 Å². The van der Waals surface area contributed by atoms with Crippen LogP contribution in [0.5, 0.6) is 5.75 Å². The van der Waals surface area contributed by atoms with Gasteiger partial charge >= 0.3 is 6.03 Å². The van der Waals surface area contributed by atoms with Crippen molar-refractivity contribution >= 4 is 17.4 Å². The summed E-state index contributed by atoms with van der Waals surface area (Å²) in [5.41, 5.74) is 1.98. The van der Waals surface area contributed by atoms with Crippen LogP contribution in [0.15, 0.2) is 29.6 Å². The molecule has 2 aromatic rings. The first-order chi connectivity index (χ1) is 11.7. The third kappa shape index (κ3) is 4.26. The Balaban J connectivity index is 1.59. The van der Waals surface area contributed by atoms with Gasteiger partial charge in [0.25, 0.3) is 0 Å². The van der Waals surface area contributed by atoms with Gasteiger partial charge in [0.15, 0.2) is 0 Å². The van der Waals surface area contributed by atoms with Crippen molar-refractivity contribution in [2.24, 2.45) is 5.92 Å². The average molecular weight is 345 g/mol. The minimum absolute atomic E-state index is 0.0193. The summed E-state index contributed by atoms with van der Waals surface area (Å²) in [5.74, 6) is 1.33. The molecule has 1 fully saturated rings. The van der Waals surface area contributed by atoms with Gasteiger partial charge in [-0.1, -0.05) is 18.2 Å². The molecule has 2 amide bonds. The van der Waals surface area contributed by atoms with Gasteiger partial charge < -0.3 is 15.4 Å². The molecule has 0 radical (unpaired) electrons. The highest BCUT2D eigenvalue weighted by atomic mass is 32.1. The molecular weight excluding hydrogens is 322 g/mol. The van der Waals surface area contributed by atoms with E-state index >= 15 is 0 Å². The molecular formula is C18H23N3O2S. The number of benzene rings is 1. The monoisotopic (exact) mass is 345 g/mol. The maximum Gasteiger partial charge on any atom is 0.315 e. The number of carbonyl (C=O) groups is 1. The number of hydrogen-bond acceptors (Lipinski definition) is 4. The molecule has 0 aliphatic heterocycles. The molecule has 128 valence electrons. The van der Waals surface area contributed by atoms with Gasteiger partial charge in [-0.15, -0.1) is 11.3 Å². The summed E-state index contributed by atoms with van der Waals surface area (Å²) in [7, 11) is 0. The summed E-state index contributed by atoms with van der Waals surface area (Å²) in [6.45, 7) is 4.98. The summed E-state index contributed by atoms with van der Waals surface area (Å²) >= 11 is 1.62. The Kier molecular flexibility index (Phi) is 5.35. The van der Waals surface area contributed by atoms with Crippen LogP contribution in [-0.4, -0.2) is 17.6 Å². The van der Waals surface area contributed by atoms with Gasteiger partial charge in [-0.3, -0.25) is 0 Å². The number of carbonyl (C=O) groups excluding carboxylic acids is 1. The molecule has 5 nitrogen and oxygen atoms in total. The molecule has 1 unspecified atom stereocenters. The number of aromatic nitrogens is 1. The number of thiazole rings is 1. The van der Waals surface area contributed by atoms with Crippen LogP contribution in [-0.2, 0) is 6.54 Å². The first-order valence-electron chi connectivity index (χ1n) is 8.34. The summed E-state index contributed by atoms with van der Waals surface area (Å²) in [6, 6.07) is 7.62. The number of nitrogens with zero attached hydrogens (tertiary/aromatic N) is 1. The third-order valence-electron chi connectivity index (χ3n) is 3.99. The van der Waals surface area contributed by atoms with Crippen molar-refractivity contribution < 1.29 is 9.53 Å². The predicted molar refractivity (Wildman–Crippen MR) is 95.3 cm³/mol. The highest BCUT2D eigenvalue weighted by Gasteiger charge is 2.35. The Morgan fingerprint density at radius 1 is 1.42 bits per heavy atom. The second-order valence-corrected chi connectivity index (χ2v) is 6.90. The molecule has 24 heavy (non-hydrogen) atoms. The van der Waals surface area contributed by atoms with Crippen LogP contribution >= 0.6 is 11.3 Å². The zero-order valence-corrected chi connectivity index (χ0v) is 14.9. The molecule has 1 aromatic heterocycles. The van der Waals surface area contributed by atoms with Crippen LogP contribution in [0.25, 0.3) is 0 Å². The number of para-hydroxylation sites is 1. The molecule has 1 aliphatic carbocycles. The van der Waals surface area contributed by atoms with Crippen molar-refractivity contribution in [2.75, 3.05) is 6.61 Å². The van der Waals surface area contributed by atoms with Gasteiger partial charge in [0, 0.05) is 23.2 Å². The molecule has 1 saturated carbocycles. The van der Waals surface area contributed by atoms with Crippen LogP contribution in [0, 0.1) is 12.8 Å². The molecule has 0 saturated heterocycles. The van der Waals surface area contributed by atoms with Crippen molar-refractivity contribution in [3.05, 3.63) is 45.9 Å². The second-order valence-electron chi connectivity index (χ2n) is 6.01. The van der Waals surface area contributed by atoms with Gasteiger partial charge in [-0.2, -0.15) is 0 Å². The Bertz CT molecular complexity index is 697. The van der Waals surface area contributed by atoms with Crippen molar-refractivity contribution in [3.8, 4) is 5.75 Å². The quantitative estimate of drug-likeness (QED) is 0.802. The summed E-state index contributed by atoms with van der Waals surface area (Å²) in [6.07, 6.45) is 2.30. The lowest BCUT2D eigenvalue weighted by atomic mass is 10.2. The van der Waals surface area contributed by atoms with Crippen molar-refractivity contribution in [2.45, 2.75) is 39.3 Å². The minimum Gasteiger partial charge on any atom is -0.494 e. The molecule has 3 rings (SSSR count). The first-order valence-corrected chi connectivity index (χ1v) is 9.22. The van der Waals surface area contributed by atoms with Crippen LogP contribution in [0.3, 0.4) is 0 Å². The standard InChI is InChI=1S/C18H23N3O2S/c1-3-23-15-7-5-4-6-14(15)10-19-18(22)21-16(13-8-9-13)17-20-12(2)11-24-17/h4-7,11,13,16H,3,8-10H2,1-2H3,(H2,19,21,22). The molecule has 1 aliphatic rings. The number of ether oxygens (including phenoxy) is 1. The number of rotatable bonds is 7. The highest BCUT2D eigenvalue weighted by molar-refractivity contribution is 7.09. The zero-order chi connectivity index (χ0) is 16.9. The Hall–Kier alpha value is -2.08. The zero-order valence-electron chi connectivity index (χ0n) is 14.0. The molecule has 0 bridgehead atoms. The van der Waals surface area contributed by atoms with Gasteiger partial charge in [0.05, 0.1) is 12.6 Å². The van der Waals surface area contributed by atoms with Crippen LogP contribution in [0.2, 0.25) is 0 Å². The molecule has 1 aromatic carbocycles. The van der Waals surface area contributed by atoms with Crippen LogP contribution < -0.4 is 15.4 Å². The van der Waals surface area contributed by atoms with Gasteiger partial charge in [-0.05, 0) is 38.7 Å². The summed E-state index contributed by atoms with van der Waals surface area (Å²) in [5, 5.41) is 9.05. The number of urea groups is 1. The molecule has 6 heteroatoms. The summed E-state index contributed by atoms with van der Waals surface area (Å²) in [4.78, 5) is 16.9. The lowest BCUT2D eigenvalue weighted by molar-refractivity contribution is 0.235. The SMILES string of the molecule is CCOc1ccccc1CNC(=O)NC(c1nc(C)cs1)C1CC1. The number of nitrogens with one attached hydrogen (secondary N) is 2. The molecule has 0 spiro atoms. The van der Waals surface area contributed by atoms with E-state index < -0.39 is 0 Å². The average Bonchev–Trinajstić information content (AvgIpc) is 3.33. The number of hydrogen-bond donors (Lipinski definition) is 2. The Morgan fingerprint density at radius 2 is 2.21 bits per heavy atom. The van der Waals surface area contributed by atoms with E-state index in [9.17, 15) is 4.79 Å². The maximum atomic E-state index is 12.3. The lowest BCUT2D eigenvalue weighted by Gasteiger charge is -2.17. The van der Waals surface area contributed by atoms with E-state index in [1.54, 1.807) is 11.3 Å². The van der Waals surface area contributed by atoms with E-state index in [0.717, 1.165) is 34.9 Å². The van der Waals surface area contributed by atoms with E-state index in [1.807, 2.05) is 43.5 Å². The normalized spacial score (nSPS) is 14.9. The van der Waals surface area contributed by atoms with E-state index in [-0.39, 0.29) is 12.1 Å². The van der Waals surface area contributed by atoms with Crippen LogP contribution in [0.4, 0.5) is 4.79 Å². The van der Waals surface area contributed by atoms with Gasteiger partial charge in [0.1, 0.15) is 10.8 Å². The molecule has 1 atom stereocenters. The first kappa shape index (κ1) is 16.8. The van der Waals surface area contributed by atoms with E-state index in [4.69, 9.17) is 4.74 Å². The fourth-order valence-electron chi connectivity index (χ4n) is 2.64. The Labute approximate surface area is 146 Å². The fourth-order valence-corrected chi connectivity index (χ4v) is 3.58. The fraction of sp³-hybridized carbons (Fsp3) is 0.444. The second kappa shape index (κ2) is 7.66. The van der Waals surface area contributed by atoms with Crippen LogP contribution in [0.1, 0.15) is 42.1 Å². The largest absolute Gasteiger partial charge is 0.494 e. The Morgan fingerprint density at radius 3 is 2.88 bits per heavy atom. The van der Waals surface area contributed by atoms with Crippen molar-refractivity contribution in [1.29, 1.82) is 0 Å². The molecule has 2 N–H and O–H groups in total. The maximum absolute atomic E-state index is 12.3. The van der Waals surface area contributed by atoms with Crippen molar-refractivity contribution in [1.82, 2.24) is 15.6 Å². The van der Waals surface area contributed by atoms with E-state index in [1.165, 1.54) is 0 Å². The molecule has 1 heterocycles. The van der Waals surface area contributed by atoms with Gasteiger partial charge in [0.2, 0.25) is 0 Å². The minimum atomic E-state index is -0.161. The topological polar surface area (TPSA) is 63.2 Å². The van der Waals surface area contributed by atoms with Gasteiger partial charge in [-0.25, -0.2) is 9.78 Å². The van der Waals surface area contributed by atoms with Crippen molar-refractivity contribution in [3.63, 3.8) is 0 Å². The smallest absolute Gasteiger partial charge is 0.315 e. The summed E-state index contributed by atoms with van der Waals surface area (Å²) < 4.78 is 5.59. The number of amides is 2. The lowest BCUT2D eigenvalue weighted by Crippen LogP contribution is -2.38.